The van der Waals surface area contributed by atoms with Gasteiger partial charge in [-0.3, -0.25) is 14.4 Å². The van der Waals surface area contributed by atoms with Gasteiger partial charge in [-0.25, -0.2) is 0 Å². The van der Waals surface area contributed by atoms with Crippen molar-refractivity contribution in [3.05, 3.63) is 64.8 Å². The Bertz CT molecular complexity index is 995. The lowest BCUT2D eigenvalue weighted by Crippen LogP contribution is -2.21. The molecule has 1 aromatic heterocycles. The van der Waals surface area contributed by atoms with Crippen LogP contribution in [0, 0.1) is 0 Å². The SMILES string of the molecule is CC(=O)OCC(=O)Nc1c(C(=O)c2ccccc2)[nH]c2cc(Cl)ccc12. The molecule has 6 nitrogen and oxygen atoms in total. The van der Waals surface area contributed by atoms with Gasteiger partial charge in [-0.05, 0) is 18.2 Å². The van der Waals surface area contributed by atoms with Crippen LogP contribution in [0.3, 0.4) is 0 Å². The van der Waals surface area contributed by atoms with Crippen molar-refractivity contribution in [2.24, 2.45) is 0 Å². The van der Waals surface area contributed by atoms with Gasteiger partial charge in [0.2, 0.25) is 5.78 Å². The summed E-state index contributed by atoms with van der Waals surface area (Å²) in [7, 11) is 0. The number of H-pyrrole nitrogens is 1. The Balaban J connectivity index is 2.02. The van der Waals surface area contributed by atoms with E-state index >= 15 is 0 Å². The summed E-state index contributed by atoms with van der Waals surface area (Å²) in [5.41, 5.74) is 1.63. The van der Waals surface area contributed by atoms with E-state index in [-0.39, 0.29) is 11.5 Å². The fourth-order valence-electron chi connectivity index (χ4n) is 2.55. The summed E-state index contributed by atoms with van der Waals surface area (Å²) in [6.45, 7) is 0.778. The zero-order valence-electron chi connectivity index (χ0n) is 13.8. The maximum Gasteiger partial charge on any atom is 0.303 e. The van der Waals surface area contributed by atoms with Crippen molar-refractivity contribution in [3.63, 3.8) is 0 Å². The summed E-state index contributed by atoms with van der Waals surface area (Å²) >= 11 is 6.02. The van der Waals surface area contributed by atoms with E-state index in [9.17, 15) is 14.4 Å². The lowest BCUT2D eigenvalue weighted by molar-refractivity contribution is -0.144. The number of amides is 1. The third-order valence-corrected chi connectivity index (χ3v) is 3.93. The van der Waals surface area contributed by atoms with Crippen LogP contribution in [0.1, 0.15) is 23.0 Å². The molecule has 2 N–H and O–H groups in total. The van der Waals surface area contributed by atoms with Gasteiger partial charge in [0.25, 0.3) is 5.91 Å². The molecular weight excluding hydrogens is 356 g/mol. The van der Waals surface area contributed by atoms with Gasteiger partial charge >= 0.3 is 5.97 Å². The van der Waals surface area contributed by atoms with Gasteiger partial charge < -0.3 is 15.0 Å². The van der Waals surface area contributed by atoms with E-state index < -0.39 is 18.5 Å². The van der Waals surface area contributed by atoms with Gasteiger partial charge in [0.1, 0.15) is 5.69 Å². The number of benzene rings is 2. The minimum absolute atomic E-state index is 0.227. The number of halogens is 1. The first kappa shape index (κ1) is 17.7. The number of aromatic amines is 1. The van der Waals surface area contributed by atoms with Crippen LogP contribution in [0.5, 0.6) is 0 Å². The van der Waals surface area contributed by atoms with Crippen molar-refractivity contribution < 1.29 is 19.1 Å². The van der Waals surface area contributed by atoms with Crippen LogP contribution >= 0.6 is 11.6 Å². The van der Waals surface area contributed by atoms with E-state index in [1.807, 2.05) is 6.07 Å². The fourth-order valence-corrected chi connectivity index (χ4v) is 2.72. The second-order valence-corrected chi connectivity index (χ2v) is 6.02. The zero-order chi connectivity index (χ0) is 18.7. The molecule has 1 heterocycles. The first-order valence-corrected chi connectivity index (χ1v) is 8.17. The van der Waals surface area contributed by atoms with Crippen LogP contribution < -0.4 is 5.32 Å². The molecule has 0 atom stereocenters. The molecule has 2 aromatic carbocycles. The average molecular weight is 371 g/mol. The van der Waals surface area contributed by atoms with E-state index in [1.165, 1.54) is 6.92 Å². The number of fused-ring (bicyclic) bond motifs is 1. The van der Waals surface area contributed by atoms with Crippen molar-refractivity contribution in [1.82, 2.24) is 4.98 Å². The number of hydrogen-bond acceptors (Lipinski definition) is 4. The summed E-state index contributed by atoms with van der Waals surface area (Å²) in [6, 6.07) is 13.7. The predicted octanol–water partition coefficient (Wildman–Crippen LogP) is 3.55. The van der Waals surface area contributed by atoms with Crippen LogP contribution in [0.25, 0.3) is 10.9 Å². The van der Waals surface area contributed by atoms with E-state index in [0.29, 0.717) is 27.2 Å². The van der Waals surface area contributed by atoms with Gasteiger partial charge in [-0.2, -0.15) is 0 Å². The first-order valence-electron chi connectivity index (χ1n) is 7.80. The average Bonchev–Trinajstić information content (AvgIpc) is 2.97. The number of aromatic nitrogens is 1. The van der Waals surface area contributed by atoms with Crippen molar-refractivity contribution in [1.29, 1.82) is 0 Å². The molecule has 0 aliphatic rings. The van der Waals surface area contributed by atoms with Crippen LogP contribution in [0.15, 0.2) is 48.5 Å². The highest BCUT2D eigenvalue weighted by atomic mass is 35.5. The molecule has 0 radical (unpaired) electrons. The Hall–Kier alpha value is -3.12. The summed E-state index contributed by atoms with van der Waals surface area (Å²) in [6.07, 6.45) is 0. The molecular formula is C19H15ClN2O4. The standard InChI is InChI=1S/C19H15ClN2O4/c1-11(23)26-10-16(24)22-17-14-8-7-13(20)9-15(14)21-18(17)19(25)12-5-3-2-4-6-12/h2-9,21H,10H2,1H3,(H,22,24). The molecule has 0 bridgehead atoms. The molecule has 0 saturated heterocycles. The fraction of sp³-hybridized carbons (Fsp3) is 0.105. The van der Waals surface area contributed by atoms with Gasteiger partial charge in [0, 0.05) is 28.4 Å². The second kappa shape index (κ2) is 7.41. The van der Waals surface area contributed by atoms with E-state index in [0.717, 1.165) is 0 Å². The number of nitrogens with one attached hydrogen (secondary N) is 2. The molecule has 0 unspecified atom stereocenters. The van der Waals surface area contributed by atoms with Crippen LogP contribution in [-0.2, 0) is 14.3 Å². The van der Waals surface area contributed by atoms with Gasteiger partial charge in [0.05, 0.1) is 5.69 Å². The highest BCUT2D eigenvalue weighted by Gasteiger charge is 2.21. The summed E-state index contributed by atoms with van der Waals surface area (Å²) < 4.78 is 4.70. The van der Waals surface area contributed by atoms with Crippen molar-refractivity contribution >= 4 is 45.9 Å². The van der Waals surface area contributed by atoms with Crippen LogP contribution in [0.4, 0.5) is 5.69 Å². The quantitative estimate of drug-likeness (QED) is 0.531. The Morgan fingerprint density at radius 1 is 1.12 bits per heavy atom. The number of carbonyl (C=O) groups is 3. The molecule has 0 aliphatic carbocycles. The number of ketones is 1. The zero-order valence-corrected chi connectivity index (χ0v) is 14.6. The molecule has 26 heavy (non-hydrogen) atoms. The maximum absolute atomic E-state index is 12.9. The third-order valence-electron chi connectivity index (χ3n) is 3.69. The maximum atomic E-state index is 12.9. The lowest BCUT2D eigenvalue weighted by atomic mass is 10.1. The molecule has 0 aliphatic heterocycles. The van der Waals surface area contributed by atoms with Gasteiger partial charge in [-0.15, -0.1) is 0 Å². The number of ether oxygens (including phenoxy) is 1. The summed E-state index contributed by atoms with van der Waals surface area (Å²) in [4.78, 5) is 38.9. The van der Waals surface area contributed by atoms with Crippen LogP contribution in [-0.4, -0.2) is 29.3 Å². The minimum atomic E-state index is -0.563. The number of carbonyl (C=O) groups excluding carboxylic acids is 3. The van der Waals surface area contributed by atoms with E-state index in [2.05, 4.69) is 10.3 Å². The Morgan fingerprint density at radius 3 is 2.54 bits per heavy atom. The van der Waals surface area contributed by atoms with Gasteiger partial charge in [-0.1, -0.05) is 41.9 Å². The molecule has 0 saturated carbocycles. The highest BCUT2D eigenvalue weighted by molar-refractivity contribution is 6.31. The van der Waals surface area contributed by atoms with Crippen molar-refractivity contribution in [2.45, 2.75) is 6.92 Å². The number of rotatable bonds is 5. The minimum Gasteiger partial charge on any atom is -0.456 e. The molecule has 1 amide bonds. The summed E-state index contributed by atoms with van der Waals surface area (Å²) in [5.74, 6) is -1.38. The topological polar surface area (TPSA) is 88.3 Å². The van der Waals surface area contributed by atoms with E-state index in [1.54, 1.807) is 42.5 Å². The molecule has 0 spiro atoms. The molecule has 132 valence electrons. The smallest absolute Gasteiger partial charge is 0.303 e. The monoisotopic (exact) mass is 370 g/mol. The van der Waals surface area contributed by atoms with E-state index in [4.69, 9.17) is 16.3 Å². The van der Waals surface area contributed by atoms with Crippen molar-refractivity contribution in [3.8, 4) is 0 Å². The number of hydrogen-bond donors (Lipinski definition) is 2. The normalized spacial score (nSPS) is 10.5. The number of esters is 1. The molecule has 7 heteroatoms. The molecule has 0 fully saturated rings. The molecule has 3 rings (SSSR count). The lowest BCUT2D eigenvalue weighted by Gasteiger charge is -2.07. The Morgan fingerprint density at radius 2 is 1.85 bits per heavy atom. The summed E-state index contributed by atoms with van der Waals surface area (Å²) in [5, 5.41) is 3.77. The first-order chi connectivity index (χ1) is 12.5. The van der Waals surface area contributed by atoms with Crippen LogP contribution in [0.2, 0.25) is 5.02 Å². The largest absolute Gasteiger partial charge is 0.456 e. The Kier molecular flexibility index (Phi) is 5.04. The molecule has 3 aromatic rings. The Labute approximate surface area is 154 Å². The second-order valence-electron chi connectivity index (χ2n) is 5.59. The number of anilines is 1. The van der Waals surface area contributed by atoms with Crippen molar-refractivity contribution in [2.75, 3.05) is 11.9 Å². The van der Waals surface area contributed by atoms with Gasteiger partial charge in [0.15, 0.2) is 6.61 Å². The predicted molar refractivity (Wildman–Crippen MR) is 98.4 cm³/mol. The third kappa shape index (κ3) is 3.75. The highest BCUT2D eigenvalue weighted by Crippen LogP contribution is 2.31.